The molecule has 0 fully saturated rings. The van der Waals surface area contributed by atoms with Crippen LogP contribution >= 0.6 is 11.6 Å². The summed E-state index contributed by atoms with van der Waals surface area (Å²) in [6, 6.07) is 16.5. The zero-order chi connectivity index (χ0) is 20.4. The van der Waals surface area contributed by atoms with E-state index in [9.17, 15) is 9.59 Å². The molecule has 4 aromatic rings. The monoisotopic (exact) mass is 403 g/mol. The van der Waals surface area contributed by atoms with Crippen molar-refractivity contribution in [3.8, 4) is 11.3 Å². The molecule has 0 saturated heterocycles. The van der Waals surface area contributed by atoms with Crippen molar-refractivity contribution < 1.29 is 14.7 Å². The number of hydrogen-bond acceptors (Lipinski definition) is 4. The lowest BCUT2D eigenvalue weighted by Crippen LogP contribution is -2.13. The molecular weight excluding hydrogens is 390 g/mol. The van der Waals surface area contributed by atoms with Crippen LogP contribution in [0.15, 0.2) is 73.1 Å². The number of amides is 1. The molecule has 6 nitrogen and oxygen atoms in total. The molecule has 0 atom stereocenters. The number of carbonyl (C=O) groups excluding carboxylic acids is 1. The maximum absolute atomic E-state index is 13.1. The van der Waals surface area contributed by atoms with Gasteiger partial charge in [0, 0.05) is 34.1 Å². The third kappa shape index (κ3) is 3.93. The summed E-state index contributed by atoms with van der Waals surface area (Å²) in [5.41, 5.74) is 2.81. The summed E-state index contributed by atoms with van der Waals surface area (Å²) in [5.74, 6) is -1.46. The second kappa shape index (κ2) is 7.69. The largest absolute Gasteiger partial charge is 0.478 e. The predicted octanol–water partition coefficient (Wildman–Crippen LogP) is 4.90. The number of nitrogens with zero attached hydrogens (tertiary/aromatic N) is 2. The molecule has 142 valence electrons. The molecule has 4 rings (SSSR count). The molecule has 2 aromatic heterocycles. The molecule has 0 bridgehead atoms. The van der Waals surface area contributed by atoms with E-state index >= 15 is 0 Å². The van der Waals surface area contributed by atoms with E-state index in [4.69, 9.17) is 16.7 Å². The Morgan fingerprint density at radius 3 is 2.62 bits per heavy atom. The number of anilines is 1. The summed E-state index contributed by atoms with van der Waals surface area (Å²) in [5, 5.41) is 13.0. The Labute approximate surface area is 170 Å². The zero-order valence-electron chi connectivity index (χ0n) is 15.0. The first-order valence-electron chi connectivity index (χ1n) is 8.67. The number of aromatic nitrogens is 2. The van der Waals surface area contributed by atoms with Gasteiger partial charge in [-0.15, -0.1) is 0 Å². The highest BCUT2D eigenvalue weighted by atomic mass is 35.5. The molecule has 0 aliphatic rings. The number of fused-ring (bicyclic) bond motifs is 1. The van der Waals surface area contributed by atoms with Gasteiger partial charge >= 0.3 is 5.97 Å². The van der Waals surface area contributed by atoms with E-state index in [1.807, 2.05) is 6.07 Å². The summed E-state index contributed by atoms with van der Waals surface area (Å²) in [6.07, 6.45) is 3.33. The standard InChI is InChI=1S/C22H14ClN3O3/c23-15-6-7-19-17(10-15)18(11-20(26-19)14-4-2-8-24-12-14)21(27)25-16-5-1-3-13(9-16)22(28)29/h1-12H,(H,25,27)(H,28,29). The quantitative estimate of drug-likeness (QED) is 0.505. The molecule has 2 N–H and O–H groups in total. The fraction of sp³-hybridized carbons (Fsp3) is 0. The van der Waals surface area contributed by atoms with Crippen molar-refractivity contribution in [2.24, 2.45) is 0 Å². The molecule has 29 heavy (non-hydrogen) atoms. The highest BCUT2D eigenvalue weighted by molar-refractivity contribution is 6.31. The second-order valence-corrected chi connectivity index (χ2v) is 6.73. The van der Waals surface area contributed by atoms with Crippen molar-refractivity contribution >= 4 is 40.1 Å². The van der Waals surface area contributed by atoms with Crippen LogP contribution in [0, 0.1) is 0 Å². The molecule has 2 heterocycles. The lowest BCUT2D eigenvalue weighted by atomic mass is 10.0. The Balaban J connectivity index is 1.80. The first-order valence-corrected chi connectivity index (χ1v) is 9.04. The van der Waals surface area contributed by atoms with Gasteiger partial charge < -0.3 is 10.4 Å². The van der Waals surface area contributed by atoms with Crippen LogP contribution in [0.2, 0.25) is 5.02 Å². The van der Waals surface area contributed by atoms with Gasteiger partial charge in [0.2, 0.25) is 0 Å². The Morgan fingerprint density at radius 1 is 1.00 bits per heavy atom. The topological polar surface area (TPSA) is 92.2 Å². The maximum Gasteiger partial charge on any atom is 0.335 e. The maximum atomic E-state index is 13.1. The number of carbonyl (C=O) groups is 2. The summed E-state index contributed by atoms with van der Waals surface area (Å²) in [6.45, 7) is 0. The fourth-order valence-corrected chi connectivity index (χ4v) is 3.15. The average molecular weight is 404 g/mol. The van der Waals surface area contributed by atoms with Crippen molar-refractivity contribution in [1.29, 1.82) is 0 Å². The minimum Gasteiger partial charge on any atom is -0.478 e. The lowest BCUT2D eigenvalue weighted by molar-refractivity contribution is 0.0696. The van der Waals surface area contributed by atoms with E-state index < -0.39 is 11.9 Å². The van der Waals surface area contributed by atoms with Crippen molar-refractivity contribution in [2.45, 2.75) is 0 Å². The van der Waals surface area contributed by atoms with Gasteiger partial charge in [-0.3, -0.25) is 9.78 Å². The van der Waals surface area contributed by atoms with E-state index in [0.717, 1.165) is 5.56 Å². The Hall–Kier alpha value is -3.77. The Bertz CT molecular complexity index is 1240. The molecule has 0 aliphatic heterocycles. The molecular formula is C22H14ClN3O3. The van der Waals surface area contributed by atoms with Crippen molar-refractivity contribution in [2.75, 3.05) is 5.32 Å². The smallest absolute Gasteiger partial charge is 0.335 e. The number of pyridine rings is 2. The van der Waals surface area contributed by atoms with Crippen molar-refractivity contribution in [1.82, 2.24) is 9.97 Å². The number of carboxylic acids is 1. The van der Waals surface area contributed by atoms with E-state index in [1.54, 1.807) is 54.9 Å². The van der Waals surface area contributed by atoms with Gasteiger partial charge in [0.15, 0.2) is 0 Å². The number of carboxylic acid groups (broad SMARTS) is 1. The normalized spacial score (nSPS) is 10.7. The number of hydrogen-bond donors (Lipinski definition) is 2. The van der Waals surface area contributed by atoms with E-state index in [1.165, 1.54) is 12.1 Å². The molecule has 0 spiro atoms. The first-order chi connectivity index (χ1) is 14.0. The van der Waals surface area contributed by atoms with Crippen LogP contribution in [-0.2, 0) is 0 Å². The van der Waals surface area contributed by atoms with Gasteiger partial charge in [0.25, 0.3) is 5.91 Å². The molecule has 2 aromatic carbocycles. The molecule has 0 radical (unpaired) electrons. The summed E-state index contributed by atoms with van der Waals surface area (Å²) >= 11 is 6.13. The van der Waals surface area contributed by atoms with Gasteiger partial charge in [-0.2, -0.15) is 0 Å². The van der Waals surface area contributed by atoms with Gasteiger partial charge in [0.05, 0.1) is 22.3 Å². The van der Waals surface area contributed by atoms with Crippen LogP contribution in [0.4, 0.5) is 5.69 Å². The predicted molar refractivity (Wildman–Crippen MR) is 111 cm³/mol. The summed E-state index contributed by atoms with van der Waals surface area (Å²) in [4.78, 5) is 33.0. The van der Waals surface area contributed by atoms with Gasteiger partial charge in [0.1, 0.15) is 0 Å². The number of nitrogens with one attached hydrogen (secondary N) is 1. The average Bonchev–Trinajstić information content (AvgIpc) is 2.73. The van der Waals surface area contributed by atoms with Gasteiger partial charge in [-0.25, -0.2) is 9.78 Å². The fourth-order valence-electron chi connectivity index (χ4n) is 2.98. The molecule has 1 amide bonds. The Kier molecular flexibility index (Phi) is 4.93. The van der Waals surface area contributed by atoms with Crippen LogP contribution in [0.1, 0.15) is 20.7 Å². The third-order valence-corrected chi connectivity index (χ3v) is 4.58. The lowest BCUT2D eigenvalue weighted by Gasteiger charge is -2.11. The minimum absolute atomic E-state index is 0.0847. The number of rotatable bonds is 4. The highest BCUT2D eigenvalue weighted by Crippen LogP contribution is 2.27. The number of aromatic carboxylic acids is 1. The van der Waals surface area contributed by atoms with Crippen LogP contribution in [0.3, 0.4) is 0 Å². The second-order valence-electron chi connectivity index (χ2n) is 6.30. The third-order valence-electron chi connectivity index (χ3n) is 4.34. The van der Waals surface area contributed by atoms with Crippen LogP contribution < -0.4 is 5.32 Å². The number of benzene rings is 2. The Morgan fingerprint density at radius 2 is 1.86 bits per heavy atom. The molecule has 7 heteroatoms. The minimum atomic E-state index is -1.07. The SMILES string of the molecule is O=C(O)c1cccc(NC(=O)c2cc(-c3cccnc3)nc3ccc(Cl)cc23)c1. The number of halogens is 1. The van der Waals surface area contributed by atoms with Crippen LogP contribution in [0.5, 0.6) is 0 Å². The van der Waals surface area contributed by atoms with Crippen LogP contribution in [-0.4, -0.2) is 27.0 Å². The first kappa shape index (κ1) is 18.6. The van der Waals surface area contributed by atoms with Crippen LogP contribution in [0.25, 0.3) is 22.2 Å². The van der Waals surface area contributed by atoms with Gasteiger partial charge in [-0.05, 0) is 54.6 Å². The van der Waals surface area contributed by atoms with E-state index in [-0.39, 0.29) is 5.56 Å². The summed E-state index contributed by atoms with van der Waals surface area (Å²) in [7, 11) is 0. The molecule has 0 aliphatic carbocycles. The van der Waals surface area contributed by atoms with Crippen molar-refractivity contribution in [3.63, 3.8) is 0 Å². The zero-order valence-corrected chi connectivity index (χ0v) is 15.7. The van der Waals surface area contributed by atoms with E-state index in [0.29, 0.717) is 32.9 Å². The van der Waals surface area contributed by atoms with Gasteiger partial charge in [-0.1, -0.05) is 17.7 Å². The molecule has 0 unspecified atom stereocenters. The van der Waals surface area contributed by atoms with Crippen molar-refractivity contribution in [3.05, 3.63) is 89.2 Å². The van der Waals surface area contributed by atoms with E-state index in [2.05, 4.69) is 15.3 Å². The summed E-state index contributed by atoms with van der Waals surface area (Å²) < 4.78 is 0. The highest BCUT2D eigenvalue weighted by Gasteiger charge is 2.15. The molecule has 0 saturated carbocycles.